The van der Waals surface area contributed by atoms with Crippen molar-refractivity contribution in [2.24, 2.45) is 0 Å². The Kier molecular flexibility index (Phi) is 2.41. The van der Waals surface area contributed by atoms with Crippen molar-refractivity contribution in [3.05, 3.63) is 70.9 Å². The second kappa shape index (κ2) is 4.07. The van der Waals surface area contributed by atoms with Gasteiger partial charge in [0.05, 0.1) is 17.3 Å². The minimum absolute atomic E-state index is 0.251. The third-order valence-electron chi connectivity index (χ3n) is 2.75. The van der Waals surface area contributed by atoms with Gasteiger partial charge in [0.2, 0.25) is 0 Å². The van der Waals surface area contributed by atoms with Crippen molar-refractivity contribution in [2.45, 2.75) is 0 Å². The van der Waals surface area contributed by atoms with Gasteiger partial charge in [-0.25, -0.2) is 4.39 Å². The first-order valence-corrected chi connectivity index (χ1v) is 5.49. The van der Waals surface area contributed by atoms with Crippen LogP contribution in [0.4, 0.5) is 4.39 Å². The predicted octanol–water partition coefficient (Wildman–Crippen LogP) is 2.52. The van der Waals surface area contributed by atoms with Gasteiger partial charge in [-0.15, -0.1) is 0 Å². The molecule has 0 aliphatic heterocycles. The van der Waals surface area contributed by atoms with Gasteiger partial charge < -0.3 is 0 Å². The number of hydrogen-bond acceptors (Lipinski definition) is 2. The Morgan fingerprint density at radius 1 is 1.06 bits per heavy atom. The molecule has 18 heavy (non-hydrogen) atoms. The molecule has 0 N–H and O–H groups in total. The molecule has 0 aliphatic rings. The van der Waals surface area contributed by atoms with Crippen LogP contribution in [-0.4, -0.2) is 9.78 Å². The summed E-state index contributed by atoms with van der Waals surface area (Å²) in [7, 11) is 0. The van der Waals surface area contributed by atoms with Gasteiger partial charge in [0.1, 0.15) is 5.82 Å². The fourth-order valence-electron chi connectivity index (χ4n) is 1.88. The molecular weight excluding hydrogens is 231 g/mol. The zero-order chi connectivity index (χ0) is 12.5. The molecule has 3 nitrogen and oxygen atoms in total. The van der Waals surface area contributed by atoms with E-state index in [4.69, 9.17) is 0 Å². The molecule has 2 aromatic carbocycles. The fourth-order valence-corrected chi connectivity index (χ4v) is 1.88. The maximum Gasteiger partial charge on any atom is 0.279 e. The summed E-state index contributed by atoms with van der Waals surface area (Å²) in [5, 5.41) is 5.40. The molecule has 3 rings (SSSR count). The van der Waals surface area contributed by atoms with Crippen LogP contribution in [0, 0.1) is 5.82 Å². The molecular formula is C14H9FN2O. The average Bonchev–Trinajstić information content (AvgIpc) is 2.39. The van der Waals surface area contributed by atoms with Crippen molar-refractivity contribution in [1.29, 1.82) is 0 Å². The van der Waals surface area contributed by atoms with Crippen LogP contribution in [0.5, 0.6) is 0 Å². The van der Waals surface area contributed by atoms with Crippen LogP contribution in [0.1, 0.15) is 0 Å². The Balaban J connectivity index is 2.31. The first-order chi connectivity index (χ1) is 8.75. The lowest BCUT2D eigenvalue weighted by Gasteiger charge is -2.05. The van der Waals surface area contributed by atoms with E-state index in [2.05, 4.69) is 5.10 Å². The molecule has 0 spiro atoms. The zero-order valence-electron chi connectivity index (χ0n) is 9.38. The van der Waals surface area contributed by atoms with E-state index < -0.39 is 5.82 Å². The van der Waals surface area contributed by atoms with E-state index >= 15 is 0 Å². The molecule has 1 heterocycles. The Morgan fingerprint density at radius 3 is 2.72 bits per heavy atom. The summed E-state index contributed by atoms with van der Waals surface area (Å²) < 4.78 is 14.4. The maximum atomic E-state index is 13.2. The van der Waals surface area contributed by atoms with Gasteiger partial charge in [0.15, 0.2) is 0 Å². The van der Waals surface area contributed by atoms with E-state index in [9.17, 15) is 9.18 Å². The van der Waals surface area contributed by atoms with Crippen LogP contribution >= 0.6 is 0 Å². The largest absolute Gasteiger partial charge is 0.279 e. The van der Waals surface area contributed by atoms with Crippen molar-refractivity contribution in [3.8, 4) is 5.69 Å². The lowest BCUT2D eigenvalue weighted by molar-refractivity contribution is 0.624. The fraction of sp³-hybridized carbons (Fsp3) is 0. The number of nitrogens with zero attached hydrogens (tertiary/aromatic N) is 2. The first-order valence-electron chi connectivity index (χ1n) is 5.49. The quantitative estimate of drug-likeness (QED) is 0.655. The van der Waals surface area contributed by atoms with Gasteiger partial charge >= 0.3 is 0 Å². The van der Waals surface area contributed by atoms with Crippen molar-refractivity contribution in [1.82, 2.24) is 9.78 Å². The van der Waals surface area contributed by atoms with Gasteiger partial charge in [-0.05, 0) is 24.3 Å². The minimum atomic E-state index is -0.394. The minimum Gasteiger partial charge on any atom is -0.267 e. The molecule has 0 unspecified atom stereocenters. The van der Waals surface area contributed by atoms with Crippen LogP contribution in [0.3, 0.4) is 0 Å². The highest BCUT2D eigenvalue weighted by molar-refractivity contribution is 5.80. The van der Waals surface area contributed by atoms with Gasteiger partial charge in [-0.3, -0.25) is 4.79 Å². The van der Waals surface area contributed by atoms with Crippen LogP contribution in [0.2, 0.25) is 0 Å². The van der Waals surface area contributed by atoms with Crippen molar-refractivity contribution in [3.63, 3.8) is 0 Å². The van der Waals surface area contributed by atoms with E-state index in [1.54, 1.807) is 30.5 Å². The normalized spacial score (nSPS) is 10.7. The van der Waals surface area contributed by atoms with Crippen molar-refractivity contribution in [2.75, 3.05) is 0 Å². The molecule has 0 radical (unpaired) electrons. The number of halogens is 1. The van der Waals surface area contributed by atoms with Crippen molar-refractivity contribution < 1.29 is 4.39 Å². The highest BCUT2D eigenvalue weighted by Gasteiger charge is 2.05. The molecule has 88 valence electrons. The van der Waals surface area contributed by atoms with Gasteiger partial charge in [0.25, 0.3) is 5.56 Å². The van der Waals surface area contributed by atoms with E-state index in [0.717, 1.165) is 5.39 Å². The number of fused-ring (bicyclic) bond motifs is 1. The third-order valence-corrected chi connectivity index (χ3v) is 2.75. The van der Waals surface area contributed by atoms with Gasteiger partial charge in [-0.1, -0.05) is 24.3 Å². The Morgan fingerprint density at radius 2 is 1.89 bits per heavy atom. The van der Waals surface area contributed by atoms with Gasteiger partial charge in [0, 0.05) is 5.39 Å². The molecule has 4 heteroatoms. The third kappa shape index (κ3) is 1.68. The van der Waals surface area contributed by atoms with Crippen molar-refractivity contribution >= 4 is 10.8 Å². The molecule has 0 saturated heterocycles. The summed E-state index contributed by atoms with van der Waals surface area (Å²) in [5.74, 6) is -0.394. The van der Waals surface area contributed by atoms with Crippen LogP contribution in [-0.2, 0) is 0 Å². The zero-order valence-corrected chi connectivity index (χ0v) is 9.38. The summed E-state index contributed by atoms with van der Waals surface area (Å²) in [5.41, 5.74) is 0.171. The lowest BCUT2D eigenvalue weighted by Crippen LogP contribution is -2.20. The molecule has 3 aromatic rings. The second-order valence-corrected chi connectivity index (χ2v) is 3.93. The van der Waals surface area contributed by atoms with E-state index in [1.165, 1.54) is 16.8 Å². The smallest absolute Gasteiger partial charge is 0.267 e. The van der Waals surface area contributed by atoms with E-state index in [1.807, 2.05) is 12.1 Å². The van der Waals surface area contributed by atoms with Gasteiger partial charge in [-0.2, -0.15) is 9.78 Å². The average molecular weight is 240 g/mol. The Bertz CT molecular complexity index is 780. The summed E-state index contributed by atoms with van der Waals surface area (Å²) in [6, 6.07) is 13.0. The number of rotatable bonds is 1. The number of benzene rings is 2. The first kappa shape index (κ1) is 10.7. The maximum absolute atomic E-state index is 13.2. The molecule has 0 bridgehead atoms. The van der Waals surface area contributed by atoms with E-state index in [0.29, 0.717) is 11.1 Å². The highest BCUT2D eigenvalue weighted by atomic mass is 19.1. The lowest BCUT2D eigenvalue weighted by atomic mass is 10.2. The number of aromatic nitrogens is 2. The molecule has 0 saturated carbocycles. The molecule has 0 amide bonds. The summed E-state index contributed by atoms with van der Waals surface area (Å²) in [6.45, 7) is 0. The molecule has 0 fully saturated rings. The molecule has 0 aliphatic carbocycles. The Labute approximate surface area is 102 Å². The molecule has 0 atom stereocenters. The SMILES string of the molecule is O=c1c2ccccc2cnn1-c1cccc(F)c1. The predicted molar refractivity (Wildman–Crippen MR) is 67.3 cm³/mol. The summed E-state index contributed by atoms with van der Waals surface area (Å²) in [4.78, 5) is 12.2. The summed E-state index contributed by atoms with van der Waals surface area (Å²) in [6.07, 6.45) is 1.60. The van der Waals surface area contributed by atoms with Crippen LogP contribution < -0.4 is 5.56 Å². The Hall–Kier alpha value is -2.49. The highest BCUT2D eigenvalue weighted by Crippen LogP contribution is 2.10. The summed E-state index contributed by atoms with van der Waals surface area (Å²) >= 11 is 0. The molecule has 1 aromatic heterocycles. The van der Waals surface area contributed by atoms with E-state index in [-0.39, 0.29) is 5.56 Å². The number of hydrogen-bond donors (Lipinski definition) is 0. The topological polar surface area (TPSA) is 34.9 Å². The monoisotopic (exact) mass is 240 g/mol. The second-order valence-electron chi connectivity index (χ2n) is 3.93. The standard InChI is InChI=1S/C14H9FN2O/c15-11-5-3-6-12(8-11)17-14(18)13-7-2-1-4-10(13)9-16-17/h1-9H. The van der Waals surface area contributed by atoms with Crippen LogP contribution in [0.25, 0.3) is 16.5 Å². The van der Waals surface area contributed by atoms with Crippen LogP contribution in [0.15, 0.2) is 59.5 Å².